The van der Waals surface area contributed by atoms with Crippen molar-refractivity contribution in [3.05, 3.63) is 62.2 Å². The minimum atomic E-state index is -3.62. The molecule has 0 spiro atoms. The lowest BCUT2D eigenvalue weighted by Gasteiger charge is -2.23. The van der Waals surface area contributed by atoms with Crippen LogP contribution in [0.3, 0.4) is 0 Å². The first-order valence-electron chi connectivity index (χ1n) is 10.5. The lowest BCUT2D eigenvalue weighted by atomic mass is 10.1. The van der Waals surface area contributed by atoms with E-state index in [0.29, 0.717) is 52.6 Å². The van der Waals surface area contributed by atoms with Crippen molar-refractivity contribution in [1.82, 2.24) is 9.62 Å². The molecule has 1 atom stereocenters. The molecule has 8 nitrogen and oxygen atoms in total. The lowest BCUT2D eigenvalue weighted by Crippen LogP contribution is -2.46. The SMILES string of the molecule is CS(=O)(=O)NC(=O)C1CCCN1CCOc1cc(Br)ccc1-c1cc(=O)c2cccc(Cl)c2o1. The molecule has 0 saturated carbocycles. The van der Waals surface area contributed by atoms with E-state index in [1.54, 1.807) is 30.3 Å². The first kappa shape index (κ1) is 24.7. The van der Waals surface area contributed by atoms with Crippen LogP contribution in [0, 0.1) is 0 Å². The van der Waals surface area contributed by atoms with Crippen LogP contribution in [0.15, 0.2) is 56.1 Å². The summed E-state index contributed by atoms with van der Waals surface area (Å²) in [5.74, 6) is 0.276. The highest BCUT2D eigenvalue weighted by Gasteiger charge is 2.31. The minimum absolute atomic E-state index is 0.218. The Bertz CT molecular complexity index is 1410. The Morgan fingerprint density at radius 3 is 2.85 bits per heavy atom. The smallest absolute Gasteiger partial charge is 0.250 e. The van der Waals surface area contributed by atoms with Crippen LogP contribution in [-0.2, 0) is 14.8 Å². The molecular weight excluding hydrogens is 548 g/mol. The topological polar surface area (TPSA) is 106 Å². The number of para-hydroxylation sites is 1. The third-order valence-corrected chi connectivity index (χ3v) is 6.87. The Labute approximate surface area is 210 Å². The van der Waals surface area contributed by atoms with Gasteiger partial charge in [0.1, 0.15) is 18.1 Å². The van der Waals surface area contributed by atoms with Gasteiger partial charge in [0.2, 0.25) is 10.0 Å². The van der Waals surface area contributed by atoms with Crippen LogP contribution < -0.4 is 14.9 Å². The number of ether oxygens (including phenoxy) is 1. The van der Waals surface area contributed by atoms with Crippen molar-refractivity contribution in [2.24, 2.45) is 0 Å². The Morgan fingerprint density at radius 2 is 2.09 bits per heavy atom. The number of likely N-dealkylation sites (tertiary alicyclic amines) is 1. The van der Waals surface area contributed by atoms with Gasteiger partial charge in [-0.15, -0.1) is 0 Å². The molecule has 0 aliphatic carbocycles. The maximum absolute atomic E-state index is 12.6. The molecule has 180 valence electrons. The number of hydrogen-bond acceptors (Lipinski definition) is 7. The van der Waals surface area contributed by atoms with E-state index in [0.717, 1.165) is 17.1 Å². The number of carbonyl (C=O) groups excluding carboxylic acids is 1. The predicted molar refractivity (Wildman–Crippen MR) is 134 cm³/mol. The van der Waals surface area contributed by atoms with Gasteiger partial charge in [0.15, 0.2) is 11.0 Å². The van der Waals surface area contributed by atoms with E-state index >= 15 is 0 Å². The summed E-state index contributed by atoms with van der Waals surface area (Å²) in [4.78, 5) is 26.9. The molecule has 2 aromatic carbocycles. The number of nitrogens with one attached hydrogen (secondary N) is 1. The van der Waals surface area contributed by atoms with E-state index in [1.165, 1.54) is 6.07 Å². The number of rotatable bonds is 7. The molecule has 1 saturated heterocycles. The summed E-state index contributed by atoms with van der Waals surface area (Å²) in [6.45, 7) is 1.32. The number of sulfonamides is 1. The van der Waals surface area contributed by atoms with Crippen molar-refractivity contribution in [1.29, 1.82) is 0 Å². The number of hydrogen-bond donors (Lipinski definition) is 1. The fourth-order valence-electron chi connectivity index (χ4n) is 4.01. The summed E-state index contributed by atoms with van der Waals surface area (Å²) in [7, 11) is -3.62. The van der Waals surface area contributed by atoms with Gasteiger partial charge in [0.25, 0.3) is 5.91 Å². The largest absolute Gasteiger partial charge is 0.491 e. The average Bonchev–Trinajstić information content (AvgIpc) is 3.22. The maximum Gasteiger partial charge on any atom is 0.250 e. The van der Waals surface area contributed by atoms with Gasteiger partial charge in [-0.2, -0.15) is 0 Å². The van der Waals surface area contributed by atoms with Crippen molar-refractivity contribution >= 4 is 54.4 Å². The molecular formula is C23H22BrClN2O6S. The third kappa shape index (κ3) is 5.63. The summed E-state index contributed by atoms with van der Waals surface area (Å²) >= 11 is 9.68. The third-order valence-electron chi connectivity index (χ3n) is 5.50. The van der Waals surface area contributed by atoms with Gasteiger partial charge in [-0.05, 0) is 49.7 Å². The molecule has 11 heteroatoms. The normalized spacial score (nSPS) is 16.6. The predicted octanol–water partition coefficient (Wildman–Crippen LogP) is 3.79. The summed E-state index contributed by atoms with van der Waals surface area (Å²) in [5.41, 5.74) is 0.664. The number of benzene rings is 2. The van der Waals surface area contributed by atoms with Gasteiger partial charge in [0.05, 0.1) is 28.3 Å². The quantitative estimate of drug-likeness (QED) is 0.461. The highest BCUT2D eigenvalue weighted by atomic mass is 79.9. The van der Waals surface area contributed by atoms with Crippen LogP contribution in [0.25, 0.3) is 22.3 Å². The van der Waals surface area contributed by atoms with Gasteiger partial charge < -0.3 is 9.15 Å². The lowest BCUT2D eigenvalue weighted by molar-refractivity contribution is -0.123. The van der Waals surface area contributed by atoms with Gasteiger partial charge in [-0.3, -0.25) is 19.2 Å². The average molecular weight is 570 g/mol. The molecule has 1 aliphatic heterocycles. The Hall–Kier alpha value is -2.40. The maximum atomic E-state index is 12.6. The highest BCUT2D eigenvalue weighted by Crippen LogP contribution is 2.34. The molecule has 0 radical (unpaired) electrons. The number of halogens is 2. The number of amides is 1. The van der Waals surface area contributed by atoms with Gasteiger partial charge >= 0.3 is 0 Å². The van der Waals surface area contributed by atoms with E-state index in [2.05, 4.69) is 20.7 Å². The molecule has 0 bridgehead atoms. The van der Waals surface area contributed by atoms with E-state index in [9.17, 15) is 18.0 Å². The van der Waals surface area contributed by atoms with Crippen molar-refractivity contribution in [2.45, 2.75) is 18.9 Å². The molecule has 1 fully saturated rings. The Morgan fingerprint density at radius 1 is 1.29 bits per heavy atom. The first-order valence-corrected chi connectivity index (χ1v) is 13.6. The Balaban J connectivity index is 1.54. The standard InChI is InChI=1S/C23H22BrClN2O6S/c1-34(30,31)26-23(29)18-6-3-9-27(18)10-11-32-20-12-14(24)7-8-16(20)21-13-19(28)15-4-2-5-17(25)22(15)33-21/h2,4-5,7-8,12-13,18H,3,6,9-11H2,1H3,(H,26,29). The second-order valence-electron chi connectivity index (χ2n) is 8.01. The van der Waals surface area contributed by atoms with E-state index < -0.39 is 22.0 Å². The van der Waals surface area contributed by atoms with Gasteiger partial charge in [0, 0.05) is 17.1 Å². The molecule has 2 heterocycles. The molecule has 1 unspecified atom stereocenters. The van der Waals surface area contributed by atoms with E-state index in [4.69, 9.17) is 20.8 Å². The zero-order valence-electron chi connectivity index (χ0n) is 18.2. The van der Waals surface area contributed by atoms with Crippen LogP contribution in [-0.4, -0.2) is 51.2 Å². The van der Waals surface area contributed by atoms with Crippen LogP contribution in [0.5, 0.6) is 5.75 Å². The fourth-order valence-corrected chi connectivity index (χ4v) is 5.06. The number of fused-ring (bicyclic) bond motifs is 1. The molecule has 1 aromatic heterocycles. The van der Waals surface area contributed by atoms with E-state index in [-0.39, 0.29) is 12.0 Å². The van der Waals surface area contributed by atoms with Crippen LogP contribution >= 0.6 is 27.5 Å². The monoisotopic (exact) mass is 568 g/mol. The summed E-state index contributed by atoms with van der Waals surface area (Å²) < 4.78 is 37.7. The van der Waals surface area contributed by atoms with Crippen LogP contribution in [0.1, 0.15) is 12.8 Å². The molecule has 1 aliphatic rings. The van der Waals surface area contributed by atoms with Crippen molar-refractivity contribution in [3.8, 4) is 17.1 Å². The van der Waals surface area contributed by atoms with Crippen molar-refractivity contribution in [3.63, 3.8) is 0 Å². The molecule has 34 heavy (non-hydrogen) atoms. The molecule has 3 aromatic rings. The molecule has 1 N–H and O–H groups in total. The van der Waals surface area contributed by atoms with E-state index in [1.807, 2.05) is 11.0 Å². The van der Waals surface area contributed by atoms with Crippen LogP contribution in [0.4, 0.5) is 0 Å². The summed E-state index contributed by atoms with van der Waals surface area (Å²) in [6.07, 6.45) is 2.32. The minimum Gasteiger partial charge on any atom is -0.491 e. The molecule has 1 amide bonds. The summed E-state index contributed by atoms with van der Waals surface area (Å²) in [5, 5.41) is 0.728. The highest BCUT2D eigenvalue weighted by molar-refractivity contribution is 9.10. The van der Waals surface area contributed by atoms with Crippen molar-refractivity contribution in [2.75, 3.05) is 26.0 Å². The zero-order chi connectivity index (χ0) is 24.5. The van der Waals surface area contributed by atoms with Gasteiger partial charge in [-0.25, -0.2) is 8.42 Å². The molecule has 4 rings (SSSR count). The first-order chi connectivity index (χ1) is 16.1. The summed E-state index contributed by atoms with van der Waals surface area (Å²) in [6, 6.07) is 11.2. The number of nitrogens with zero attached hydrogens (tertiary/aromatic N) is 1. The zero-order valence-corrected chi connectivity index (χ0v) is 21.4. The second kappa shape index (κ2) is 10.1. The van der Waals surface area contributed by atoms with Crippen molar-refractivity contribution < 1.29 is 22.4 Å². The number of carbonyl (C=O) groups is 1. The van der Waals surface area contributed by atoms with Gasteiger partial charge in [-0.1, -0.05) is 33.6 Å². The second-order valence-corrected chi connectivity index (χ2v) is 11.1. The van der Waals surface area contributed by atoms with Crippen LogP contribution in [0.2, 0.25) is 5.02 Å². The Kier molecular flexibility index (Phi) is 7.32. The fraction of sp³-hybridized carbons (Fsp3) is 0.304.